The maximum atomic E-state index is 11.3. The van der Waals surface area contributed by atoms with Crippen LogP contribution >= 0.6 is 0 Å². The van der Waals surface area contributed by atoms with Gasteiger partial charge in [0, 0.05) is 0 Å². The van der Waals surface area contributed by atoms with Crippen molar-refractivity contribution in [2.75, 3.05) is 0 Å². The molecule has 15 heavy (non-hydrogen) atoms. The van der Waals surface area contributed by atoms with E-state index in [9.17, 15) is 15.0 Å². The maximum absolute atomic E-state index is 11.3. The van der Waals surface area contributed by atoms with Crippen molar-refractivity contribution in [2.24, 2.45) is 16.7 Å². The minimum atomic E-state index is -0.970. The first kappa shape index (κ1) is 10.9. The molecule has 0 saturated heterocycles. The van der Waals surface area contributed by atoms with E-state index in [0.29, 0.717) is 19.3 Å². The van der Waals surface area contributed by atoms with E-state index in [4.69, 9.17) is 0 Å². The van der Waals surface area contributed by atoms with Gasteiger partial charge < -0.3 is 10.2 Å². The summed E-state index contributed by atoms with van der Waals surface area (Å²) in [5.41, 5.74) is -1.73. The summed E-state index contributed by atoms with van der Waals surface area (Å²) in [5.74, 6) is -0.691. The van der Waals surface area contributed by atoms with Gasteiger partial charge in [-0.05, 0) is 37.0 Å². The van der Waals surface area contributed by atoms with Crippen molar-refractivity contribution < 1.29 is 15.0 Å². The van der Waals surface area contributed by atoms with Crippen molar-refractivity contribution in [3.8, 4) is 0 Å². The Labute approximate surface area is 90.5 Å². The van der Waals surface area contributed by atoms with Crippen molar-refractivity contribution in [3.63, 3.8) is 0 Å². The Bertz CT molecular complexity index is 310. The molecule has 2 N–H and O–H groups in total. The van der Waals surface area contributed by atoms with E-state index in [1.807, 2.05) is 6.92 Å². The Morgan fingerprint density at radius 3 is 2.13 bits per heavy atom. The van der Waals surface area contributed by atoms with Gasteiger partial charge in [0.25, 0.3) is 0 Å². The average molecular weight is 212 g/mol. The van der Waals surface area contributed by atoms with Gasteiger partial charge in [-0.1, -0.05) is 20.8 Å². The summed E-state index contributed by atoms with van der Waals surface area (Å²) in [7, 11) is 0. The van der Waals surface area contributed by atoms with E-state index in [0.717, 1.165) is 6.42 Å². The number of aliphatic hydroxyl groups is 1. The van der Waals surface area contributed by atoms with E-state index in [-0.39, 0.29) is 11.3 Å². The molecule has 2 fully saturated rings. The van der Waals surface area contributed by atoms with Crippen LogP contribution in [0, 0.1) is 16.7 Å². The van der Waals surface area contributed by atoms with Crippen LogP contribution in [0.15, 0.2) is 0 Å². The first-order valence-corrected chi connectivity index (χ1v) is 5.69. The second kappa shape index (κ2) is 2.76. The van der Waals surface area contributed by atoms with Gasteiger partial charge in [0.05, 0.1) is 11.0 Å². The third-order valence-electron chi connectivity index (χ3n) is 4.51. The monoisotopic (exact) mass is 212 g/mol. The number of carbonyl (C=O) groups is 1. The lowest BCUT2D eigenvalue weighted by Gasteiger charge is -2.32. The van der Waals surface area contributed by atoms with Gasteiger partial charge in [-0.15, -0.1) is 0 Å². The van der Waals surface area contributed by atoms with E-state index >= 15 is 0 Å². The van der Waals surface area contributed by atoms with E-state index in [2.05, 4.69) is 13.8 Å². The number of hydrogen-bond acceptors (Lipinski definition) is 2. The Balaban J connectivity index is 2.28. The third kappa shape index (κ3) is 1.32. The number of hydrogen-bond donors (Lipinski definition) is 2. The Hall–Kier alpha value is -0.570. The summed E-state index contributed by atoms with van der Waals surface area (Å²) < 4.78 is 0. The molecule has 0 spiro atoms. The highest BCUT2D eigenvalue weighted by Gasteiger charge is 2.71. The van der Waals surface area contributed by atoms with Crippen LogP contribution in [0.4, 0.5) is 0 Å². The normalized spacial score (nSPS) is 47.9. The largest absolute Gasteiger partial charge is 0.481 e. The summed E-state index contributed by atoms with van der Waals surface area (Å²) >= 11 is 0. The van der Waals surface area contributed by atoms with Crippen LogP contribution in [0.5, 0.6) is 0 Å². The Morgan fingerprint density at radius 1 is 1.33 bits per heavy atom. The zero-order chi connectivity index (χ0) is 11.5. The van der Waals surface area contributed by atoms with Crippen LogP contribution in [-0.2, 0) is 4.79 Å². The van der Waals surface area contributed by atoms with Crippen molar-refractivity contribution in [3.05, 3.63) is 0 Å². The van der Waals surface area contributed by atoms with Crippen molar-refractivity contribution in [2.45, 2.75) is 52.1 Å². The molecule has 3 atom stereocenters. The molecular weight excluding hydrogens is 192 g/mol. The summed E-state index contributed by atoms with van der Waals surface area (Å²) in [5, 5.41) is 19.9. The zero-order valence-corrected chi connectivity index (χ0v) is 9.71. The molecule has 2 saturated carbocycles. The number of rotatable bonds is 2. The van der Waals surface area contributed by atoms with E-state index in [1.165, 1.54) is 0 Å². The lowest BCUT2D eigenvalue weighted by molar-refractivity contribution is -0.157. The van der Waals surface area contributed by atoms with Gasteiger partial charge in [-0.25, -0.2) is 0 Å². The molecule has 2 aliphatic rings. The molecule has 2 rings (SSSR count). The number of carboxylic acid groups (broad SMARTS) is 1. The molecule has 0 amide bonds. The van der Waals surface area contributed by atoms with Crippen LogP contribution in [0.25, 0.3) is 0 Å². The zero-order valence-electron chi connectivity index (χ0n) is 9.71. The summed E-state index contributed by atoms with van der Waals surface area (Å²) in [4.78, 5) is 11.3. The molecule has 3 unspecified atom stereocenters. The Kier molecular flexibility index (Phi) is 2.01. The van der Waals surface area contributed by atoms with Crippen LogP contribution in [0.2, 0.25) is 0 Å². The molecule has 0 bridgehead atoms. The van der Waals surface area contributed by atoms with Gasteiger partial charge in [-0.3, -0.25) is 4.79 Å². The standard InChI is InChI=1S/C12H20O3/c1-8-6-12(8,9(13)14)11(15)5-4-10(2,3)7-11/h8,15H,4-7H2,1-3H3,(H,13,14). The number of aliphatic carboxylic acids is 1. The third-order valence-corrected chi connectivity index (χ3v) is 4.51. The van der Waals surface area contributed by atoms with Crippen molar-refractivity contribution >= 4 is 5.97 Å². The van der Waals surface area contributed by atoms with Crippen molar-refractivity contribution in [1.82, 2.24) is 0 Å². The molecule has 0 heterocycles. The molecule has 0 radical (unpaired) electrons. The lowest BCUT2D eigenvalue weighted by atomic mass is 9.78. The summed E-state index contributed by atoms with van der Waals surface area (Å²) in [6, 6.07) is 0. The molecule has 0 aromatic carbocycles. The second-order valence-corrected chi connectivity index (χ2v) is 6.25. The second-order valence-electron chi connectivity index (χ2n) is 6.25. The van der Waals surface area contributed by atoms with Gasteiger partial charge >= 0.3 is 5.97 Å². The topological polar surface area (TPSA) is 57.5 Å². The van der Waals surface area contributed by atoms with Gasteiger partial charge in [-0.2, -0.15) is 0 Å². The fraction of sp³-hybridized carbons (Fsp3) is 0.917. The highest BCUT2D eigenvalue weighted by Crippen LogP contribution is 2.66. The Morgan fingerprint density at radius 2 is 1.87 bits per heavy atom. The molecule has 0 aliphatic heterocycles. The molecular formula is C12H20O3. The maximum Gasteiger partial charge on any atom is 0.312 e. The molecule has 2 aliphatic carbocycles. The molecule has 3 nitrogen and oxygen atoms in total. The minimum absolute atomic E-state index is 0.0828. The fourth-order valence-corrected chi connectivity index (χ4v) is 3.46. The lowest BCUT2D eigenvalue weighted by Crippen LogP contribution is -2.44. The first-order chi connectivity index (χ1) is 6.74. The molecule has 0 aromatic heterocycles. The quantitative estimate of drug-likeness (QED) is 0.736. The SMILES string of the molecule is CC1CC1(C(=O)O)C1(O)CCC(C)(C)C1. The smallest absolute Gasteiger partial charge is 0.312 e. The van der Waals surface area contributed by atoms with Gasteiger partial charge in [0.2, 0.25) is 0 Å². The molecule has 3 heteroatoms. The van der Waals surface area contributed by atoms with E-state index in [1.54, 1.807) is 0 Å². The van der Waals surface area contributed by atoms with Crippen LogP contribution in [-0.4, -0.2) is 21.8 Å². The average Bonchev–Trinajstić information content (AvgIpc) is 2.67. The predicted octanol–water partition coefficient (Wildman–Crippen LogP) is 2.04. The predicted molar refractivity (Wildman–Crippen MR) is 56.4 cm³/mol. The van der Waals surface area contributed by atoms with Crippen LogP contribution < -0.4 is 0 Å². The van der Waals surface area contributed by atoms with Crippen molar-refractivity contribution in [1.29, 1.82) is 0 Å². The summed E-state index contributed by atoms with van der Waals surface area (Å²) in [6.07, 6.45) is 2.81. The highest BCUT2D eigenvalue weighted by atomic mass is 16.4. The van der Waals surface area contributed by atoms with Crippen LogP contribution in [0.1, 0.15) is 46.5 Å². The fourth-order valence-electron chi connectivity index (χ4n) is 3.46. The number of carboxylic acids is 1. The highest BCUT2D eigenvalue weighted by molar-refractivity contribution is 5.80. The van der Waals surface area contributed by atoms with Gasteiger partial charge in [0.1, 0.15) is 0 Å². The van der Waals surface area contributed by atoms with Gasteiger partial charge in [0.15, 0.2) is 0 Å². The van der Waals surface area contributed by atoms with E-state index < -0.39 is 17.0 Å². The first-order valence-electron chi connectivity index (χ1n) is 5.69. The minimum Gasteiger partial charge on any atom is -0.481 e. The molecule has 86 valence electrons. The summed E-state index contributed by atoms with van der Waals surface area (Å²) in [6.45, 7) is 6.14. The molecule has 0 aromatic rings. The van der Waals surface area contributed by atoms with Crippen LogP contribution in [0.3, 0.4) is 0 Å².